The van der Waals surface area contributed by atoms with E-state index < -0.39 is 6.10 Å². The van der Waals surface area contributed by atoms with Gasteiger partial charge < -0.3 is 19.9 Å². The number of ketones is 1. The van der Waals surface area contributed by atoms with Crippen molar-refractivity contribution in [2.75, 3.05) is 20.0 Å². The van der Waals surface area contributed by atoms with E-state index in [1.54, 1.807) is 43.5 Å². The Morgan fingerprint density at radius 3 is 2.32 bits per heavy atom. The summed E-state index contributed by atoms with van der Waals surface area (Å²) in [6, 6.07) is 10.4. The Morgan fingerprint density at radius 2 is 1.76 bits per heavy atom. The van der Waals surface area contributed by atoms with Crippen molar-refractivity contribution in [3.8, 4) is 17.2 Å². The zero-order valence-corrected chi connectivity index (χ0v) is 16.1. The molecule has 0 saturated carbocycles. The van der Waals surface area contributed by atoms with Crippen LogP contribution in [0.4, 0.5) is 5.69 Å². The Bertz CT molecular complexity index is 731. The van der Waals surface area contributed by atoms with Crippen LogP contribution in [0.2, 0.25) is 0 Å². The molecule has 0 aromatic heterocycles. The number of nitrogen functional groups attached to an aromatic ring is 1. The van der Waals surface area contributed by atoms with E-state index in [0.29, 0.717) is 34.9 Å². The summed E-state index contributed by atoms with van der Waals surface area (Å²) in [4.78, 5) is 13.1. The summed E-state index contributed by atoms with van der Waals surface area (Å²) in [5, 5.41) is 0. The van der Waals surface area contributed by atoms with Gasteiger partial charge >= 0.3 is 0 Å². The van der Waals surface area contributed by atoms with Gasteiger partial charge in [-0.25, -0.2) is 0 Å². The number of anilines is 1. The molecular weight excluding hydrogens is 386 g/mol. The van der Waals surface area contributed by atoms with Crippen LogP contribution in [0.25, 0.3) is 0 Å². The zero-order chi connectivity index (χ0) is 18.4. The molecule has 0 heterocycles. The first-order chi connectivity index (χ1) is 12.0. The molecule has 5 nitrogen and oxygen atoms in total. The fourth-order valence-corrected chi connectivity index (χ4v) is 2.93. The molecule has 2 N–H and O–H groups in total. The van der Waals surface area contributed by atoms with Crippen LogP contribution in [0, 0.1) is 0 Å². The monoisotopic (exact) mass is 407 g/mol. The van der Waals surface area contributed by atoms with Crippen molar-refractivity contribution in [2.45, 2.75) is 25.9 Å². The molecular formula is C19H22BrNO4. The number of benzene rings is 2. The number of carbonyl (C=O) groups excluding carboxylic acids is 1. The molecule has 1 unspecified atom stereocenters. The first kappa shape index (κ1) is 19.1. The summed E-state index contributed by atoms with van der Waals surface area (Å²) in [5.41, 5.74) is 6.76. The Morgan fingerprint density at radius 1 is 1.12 bits per heavy atom. The van der Waals surface area contributed by atoms with E-state index in [2.05, 4.69) is 15.9 Å². The summed E-state index contributed by atoms with van der Waals surface area (Å²) in [6.07, 6.45) is 0.778. The van der Waals surface area contributed by atoms with E-state index in [9.17, 15) is 4.79 Å². The van der Waals surface area contributed by atoms with E-state index in [0.717, 1.165) is 10.9 Å². The Kier molecular flexibility index (Phi) is 6.70. The standard InChI is InChI=1S/C19H22BrNO4/c1-4-5-16(25-13-8-6-12(21)7-9-13)19(22)14-10-18(24-3)15(20)11-17(14)23-2/h6-11,16H,4-5,21H2,1-3H3. The summed E-state index contributed by atoms with van der Waals surface area (Å²) >= 11 is 3.40. The maximum atomic E-state index is 13.1. The second-order valence-electron chi connectivity index (χ2n) is 5.52. The average molecular weight is 408 g/mol. The molecule has 0 saturated heterocycles. The smallest absolute Gasteiger partial charge is 0.207 e. The van der Waals surface area contributed by atoms with Crippen molar-refractivity contribution >= 4 is 27.4 Å². The van der Waals surface area contributed by atoms with Gasteiger partial charge in [0.2, 0.25) is 5.78 Å². The molecule has 6 heteroatoms. The summed E-state index contributed by atoms with van der Waals surface area (Å²) in [7, 11) is 3.08. The summed E-state index contributed by atoms with van der Waals surface area (Å²) < 4.78 is 17.3. The van der Waals surface area contributed by atoms with Crippen molar-refractivity contribution in [2.24, 2.45) is 0 Å². The van der Waals surface area contributed by atoms with Crippen molar-refractivity contribution in [3.05, 3.63) is 46.4 Å². The van der Waals surface area contributed by atoms with Gasteiger partial charge in [0, 0.05) is 5.69 Å². The molecule has 0 radical (unpaired) electrons. The Balaban J connectivity index is 2.34. The van der Waals surface area contributed by atoms with E-state index in [-0.39, 0.29) is 5.78 Å². The fraction of sp³-hybridized carbons (Fsp3) is 0.316. The lowest BCUT2D eigenvalue weighted by molar-refractivity contribution is 0.0774. The molecule has 25 heavy (non-hydrogen) atoms. The molecule has 0 aliphatic carbocycles. The second kappa shape index (κ2) is 8.76. The third-order valence-corrected chi connectivity index (χ3v) is 4.36. The molecule has 1 atom stereocenters. The van der Waals surface area contributed by atoms with Crippen LogP contribution in [0.1, 0.15) is 30.1 Å². The van der Waals surface area contributed by atoms with Crippen LogP contribution >= 0.6 is 15.9 Å². The lowest BCUT2D eigenvalue weighted by Crippen LogP contribution is -2.28. The first-order valence-corrected chi connectivity index (χ1v) is 8.77. The summed E-state index contributed by atoms with van der Waals surface area (Å²) in [6.45, 7) is 2.01. The largest absolute Gasteiger partial charge is 0.496 e. The molecule has 2 aromatic rings. The number of ether oxygens (including phenoxy) is 3. The highest BCUT2D eigenvalue weighted by Crippen LogP contribution is 2.34. The highest BCUT2D eigenvalue weighted by molar-refractivity contribution is 9.10. The Hall–Kier alpha value is -2.21. The highest BCUT2D eigenvalue weighted by Gasteiger charge is 2.25. The first-order valence-electron chi connectivity index (χ1n) is 7.98. The maximum absolute atomic E-state index is 13.1. The molecule has 0 aliphatic heterocycles. The maximum Gasteiger partial charge on any atom is 0.207 e. The number of hydrogen-bond acceptors (Lipinski definition) is 5. The zero-order valence-electron chi connectivity index (χ0n) is 14.5. The number of halogens is 1. The van der Waals surface area contributed by atoms with E-state index >= 15 is 0 Å². The SMILES string of the molecule is CCCC(Oc1ccc(N)cc1)C(=O)c1cc(OC)c(Br)cc1OC. The topological polar surface area (TPSA) is 70.8 Å². The molecule has 134 valence electrons. The minimum absolute atomic E-state index is 0.152. The molecule has 2 aromatic carbocycles. The number of nitrogens with two attached hydrogens (primary N) is 1. The van der Waals surface area contributed by atoms with Crippen LogP contribution < -0.4 is 19.9 Å². The fourth-order valence-electron chi connectivity index (χ4n) is 2.44. The van der Waals surface area contributed by atoms with Crippen molar-refractivity contribution in [1.82, 2.24) is 0 Å². The highest BCUT2D eigenvalue weighted by atomic mass is 79.9. The molecule has 0 aliphatic rings. The Labute approximate surface area is 156 Å². The van der Waals surface area contributed by atoms with Crippen LogP contribution in [0.15, 0.2) is 40.9 Å². The lowest BCUT2D eigenvalue weighted by atomic mass is 10.0. The molecule has 0 amide bonds. The van der Waals surface area contributed by atoms with Crippen LogP contribution in [0.5, 0.6) is 17.2 Å². The molecule has 0 fully saturated rings. The van der Waals surface area contributed by atoms with Crippen LogP contribution in [0.3, 0.4) is 0 Å². The van der Waals surface area contributed by atoms with Gasteiger partial charge in [-0.15, -0.1) is 0 Å². The van der Waals surface area contributed by atoms with Gasteiger partial charge in [-0.2, -0.15) is 0 Å². The van der Waals surface area contributed by atoms with Gasteiger partial charge in [-0.3, -0.25) is 4.79 Å². The van der Waals surface area contributed by atoms with Crippen LogP contribution in [-0.2, 0) is 0 Å². The van der Waals surface area contributed by atoms with Gasteiger partial charge in [0.15, 0.2) is 6.10 Å². The van der Waals surface area contributed by atoms with Crippen molar-refractivity contribution in [3.63, 3.8) is 0 Å². The average Bonchev–Trinajstić information content (AvgIpc) is 2.62. The quantitative estimate of drug-likeness (QED) is 0.515. The number of hydrogen-bond donors (Lipinski definition) is 1. The third-order valence-electron chi connectivity index (χ3n) is 3.74. The van der Waals surface area contributed by atoms with Gasteiger partial charge in [0.1, 0.15) is 17.2 Å². The van der Waals surface area contributed by atoms with Gasteiger partial charge in [0.05, 0.1) is 24.3 Å². The van der Waals surface area contributed by atoms with Crippen molar-refractivity contribution in [1.29, 1.82) is 0 Å². The predicted octanol–water partition coefficient (Wildman–Crippen LogP) is 4.48. The second-order valence-corrected chi connectivity index (χ2v) is 6.37. The van der Waals surface area contributed by atoms with E-state index in [1.165, 1.54) is 7.11 Å². The van der Waals surface area contributed by atoms with Crippen molar-refractivity contribution < 1.29 is 19.0 Å². The normalized spacial score (nSPS) is 11.7. The van der Waals surface area contributed by atoms with E-state index in [4.69, 9.17) is 19.9 Å². The third kappa shape index (κ3) is 4.66. The minimum Gasteiger partial charge on any atom is -0.496 e. The number of methoxy groups -OCH3 is 2. The lowest BCUT2D eigenvalue weighted by Gasteiger charge is -2.19. The molecule has 0 bridgehead atoms. The van der Waals surface area contributed by atoms with Gasteiger partial charge in [-0.1, -0.05) is 13.3 Å². The van der Waals surface area contributed by atoms with Crippen LogP contribution in [-0.4, -0.2) is 26.1 Å². The number of rotatable bonds is 8. The summed E-state index contributed by atoms with van der Waals surface area (Å²) in [5.74, 6) is 1.48. The predicted molar refractivity (Wildman–Crippen MR) is 102 cm³/mol. The molecule has 0 spiro atoms. The number of carbonyl (C=O) groups is 1. The number of Topliss-reactive ketones (excluding diaryl/α,β-unsaturated/α-hetero) is 1. The van der Waals surface area contributed by atoms with Gasteiger partial charge in [-0.05, 0) is 58.7 Å². The van der Waals surface area contributed by atoms with Gasteiger partial charge in [0.25, 0.3) is 0 Å². The molecule has 2 rings (SSSR count). The minimum atomic E-state index is -0.617. The van der Waals surface area contributed by atoms with E-state index in [1.807, 2.05) is 6.92 Å².